The topological polar surface area (TPSA) is 32.3 Å². The van der Waals surface area contributed by atoms with Crippen LogP contribution in [0.5, 0.6) is 0 Å². The molecule has 2 fully saturated rings. The normalized spacial score (nSPS) is 21.2. The van der Waals surface area contributed by atoms with Gasteiger partial charge in [0.05, 0.1) is 0 Å². The highest BCUT2D eigenvalue weighted by Crippen LogP contribution is 2.24. The van der Waals surface area contributed by atoms with E-state index in [1.807, 2.05) is 0 Å². The first-order valence-corrected chi connectivity index (χ1v) is 9.35. The molecule has 3 nitrogen and oxygen atoms in total. The minimum atomic E-state index is 0.293. The highest BCUT2D eigenvalue weighted by Gasteiger charge is 2.23. The van der Waals surface area contributed by atoms with Gasteiger partial charge < -0.3 is 5.32 Å². The maximum absolute atomic E-state index is 12.2. The van der Waals surface area contributed by atoms with Gasteiger partial charge in [-0.25, -0.2) is 0 Å². The number of carbonyl (C=O) groups excluding carboxylic acids is 1. The fourth-order valence-electron chi connectivity index (χ4n) is 3.94. The maximum atomic E-state index is 12.2. The SMILES string of the molecule is O=C(NCC1CCN(Cc2ccccc2)CC1)C1CCCCC1. The summed E-state index contributed by atoms with van der Waals surface area (Å²) in [5.41, 5.74) is 1.40. The fourth-order valence-corrected chi connectivity index (χ4v) is 3.94. The third kappa shape index (κ3) is 5.07. The van der Waals surface area contributed by atoms with Gasteiger partial charge in [-0.3, -0.25) is 9.69 Å². The van der Waals surface area contributed by atoms with Crippen LogP contribution in [0.15, 0.2) is 30.3 Å². The smallest absolute Gasteiger partial charge is 0.223 e. The highest BCUT2D eigenvalue weighted by atomic mass is 16.1. The van der Waals surface area contributed by atoms with Crippen LogP contribution in [0, 0.1) is 11.8 Å². The molecule has 23 heavy (non-hydrogen) atoms. The summed E-state index contributed by atoms with van der Waals surface area (Å²) in [6, 6.07) is 10.7. The minimum Gasteiger partial charge on any atom is -0.356 e. The van der Waals surface area contributed by atoms with Gasteiger partial charge >= 0.3 is 0 Å². The number of nitrogens with one attached hydrogen (secondary N) is 1. The summed E-state index contributed by atoms with van der Waals surface area (Å²) in [7, 11) is 0. The Balaban J connectivity index is 1.35. The van der Waals surface area contributed by atoms with Crippen LogP contribution >= 0.6 is 0 Å². The maximum Gasteiger partial charge on any atom is 0.223 e. The molecule has 0 bridgehead atoms. The van der Waals surface area contributed by atoms with E-state index >= 15 is 0 Å². The van der Waals surface area contributed by atoms with E-state index < -0.39 is 0 Å². The average Bonchev–Trinajstić information content (AvgIpc) is 2.62. The highest BCUT2D eigenvalue weighted by molar-refractivity contribution is 5.78. The van der Waals surface area contributed by atoms with Crippen molar-refractivity contribution in [2.24, 2.45) is 11.8 Å². The third-order valence-electron chi connectivity index (χ3n) is 5.50. The first-order chi connectivity index (χ1) is 11.3. The predicted octanol–water partition coefficient (Wildman–Crippen LogP) is 3.60. The summed E-state index contributed by atoms with van der Waals surface area (Å²) in [6.07, 6.45) is 8.38. The number of benzene rings is 1. The molecule has 126 valence electrons. The molecule has 0 unspecified atom stereocenters. The van der Waals surface area contributed by atoms with Crippen molar-refractivity contribution in [3.05, 3.63) is 35.9 Å². The molecule has 1 heterocycles. The fraction of sp³-hybridized carbons (Fsp3) is 0.650. The van der Waals surface area contributed by atoms with E-state index in [1.54, 1.807) is 0 Å². The lowest BCUT2D eigenvalue weighted by Crippen LogP contribution is -2.40. The summed E-state index contributed by atoms with van der Waals surface area (Å²) < 4.78 is 0. The van der Waals surface area contributed by atoms with Gasteiger partial charge in [-0.15, -0.1) is 0 Å². The van der Waals surface area contributed by atoms with Crippen molar-refractivity contribution in [3.63, 3.8) is 0 Å². The van der Waals surface area contributed by atoms with Crippen molar-refractivity contribution in [1.82, 2.24) is 10.2 Å². The molecule has 1 amide bonds. The van der Waals surface area contributed by atoms with Crippen LogP contribution in [0.4, 0.5) is 0 Å². The quantitative estimate of drug-likeness (QED) is 0.900. The van der Waals surface area contributed by atoms with Gasteiger partial charge in [0.1, 0.15) is 0 Å². The Morgan fingerprint density at radius 2 is 1.70 bits per heavy atom. The number of rotatable bonds is 5. The number of amides is 1. The van der Waals surface area contributed by atoms with Crippen LogP contribution in [0.3, 0.4) is 0 Å². The number of carbonyl (C=O) groups is 1. The number of likely N-dealkylation sites (tertiary alicyclic amines) is 1. The second kappa shape index (κ2) is 8.49. The van der Waals surface area contributed by atoms with Crippen LogP contribution in [-0.4, -0.2) is 30.4 Å². The first kappa shape index (κ1) is 16.5. The standard InChI is InChI=1S/C20H30N2O/c23-20(19-9-5-2-6-10-19)21-15-17-11-13-22(14-12-17)16-18-7-3-1-4-8-18/h1,3-4,7-8,17,19H,2,5-6,9-16H2,(H,21,23). The molecule has 3 rings (SSSR count). The van der Waals surface area contributed by atoms with Crippen LogP contribution in [0.2, 0.25) is 0 Å². The van der Waals surface area contributed by atoms with Crippen LogP contribution in [0.1, 0.15) is 50.5 Å². The molecule has 1 saturated heterocycles. The number of hydrogen-bond donors (Lipinski definition) is 1. The van der Waals surface area contributed by atoms with E-state index in [1.165, 1.54) is 37.7 Å². The van der Waals surface area contributed by atoms with Crippen LogP contribution < -0.4 is 5.32 Å². The zero-order chi connectivity index (χ0) is 15.9. The van der Waals surface area contributed by atoms with Crippen molar-refractivity contribution in [2.45, 2.75) is 51.5 Å². The van der Waals surface area contributed by atoms with E-state index in [2.05, 4.69) is 40.5 Å². The molecule has 1 aliphatic heterocycles. The molecule has 1 saturated carbocycles. The van der Waals surface area contributed by atoms with Crippen LogP contribution in [0.25, 0.3) is 0 Å². The Morgan fingerprint density at radius 1 is 1.00 bits per heavy atom. The van der Waals surface area contributed by atoms with Crippen LogP contribution in [-0.2, 0) is 11.3 Å². The Bertz CT molecular complexity index is 474. The van der Waals surface area contributed by atoms with Gasteiger partial charge in [-0.1, -0.05) is 49.6 Å². The Morgan fingerprint density at radius 3 is 2.39 bits per heavy atom. The second-order valence-electron chi connectivity index (χ2n) is 7.29. The molecule has 3 heteroatoms. The number of hydrogen-bond acceptors (Lipinski definition) is 2. The minimum absolute atomic E-state index is 0.293. The molecular weight excluding hydrogens is 284 g/mol. The summed E-state index contributed by atoms with van der Waals surface area (Å²) in [5, 5.41) is 3.23. The molecule has 1 aromatic carbocycles. The summed E-state index contributed by atoms with van der Waals surface area (Å²) >= 11 is 0. The summed E-state index contributed by atoms with van der Waals surface area (Å²) in [6.45, 7) is 4.24. The zero-order valence-corrected chi connectivity index (χ0v) is 14.2. The van der Waals surface area contributed by atoms with Crippen molar-refractivity contribution in [3.8, 4) is 0 Å². The van der Waals surface area contributed by atoms with E-state index in [4.69, 9.17) is 0 Å². The van der Waals surface area contributed by atoms with E-state index in [0.717, 1.165) is 39.0 Å². The van der Waals surface area contributed by atoms with Gasteiger partial charge in [0.25, 0.3) is 0 Å². The number of nitrogens with zero attached hydrogens (tertiary/aromatic N) is 1. The van der Waals surface area contributed by atoms with Crippen molar-refractivity contribution in [1.29, 1.82) is 0 Å². The molecule has 2 aliphatic rings. The number of piperidine rings is 1. The van der Waals surface area contributed by atoms with Crippen molar-refractivity contribution < 1.29 is 4.79 Å². The van der Waals surface area contributed by atoms with E-state index in [0.29, 0.717) is 17.7 Å². The third-order valence-corrected chi connectivity index (χ3v) is 5.50. The van der Waals surface area contributed by atoms with Gasteiger partial charge in [0.2, 0.25) is 5.91 Å². The monoisotopic (exact) mass is 314 g/mol. The molecule has 1 N–H and O–H groups in total. The zero-order valence-electron chi connectivity index (χ0n) is 14.2. The van der Waals surface area contributed by atoms with Gasteiger partial charge in [0, 0.05) is 19.0 Å². The average molecular weight is 314 g/mol. The van der Waals surface area contributed by atoms with Gasteiger partial charge in [-0.2, -0.15) is 0 Å². The molecule has 1 aliphatic carbocycles. The molecule has 0 radical (unpaired) electrons. The molecule has 0 spiro atoms. The largest absolute Gasteiger partial charge is 0.356 e. The lowest BCUT2D eigenvalue weighted by Gasteiger charge is -2.32. The molecule has 0 atom stereocenters. The summed E-state index contributed by atoms with van der Waals surface area (Å²) in [4.78, 5) is 14.8. The van der Waals surface area contributed by atoms with Crippen molar-refractivity contribution in [2.75, 3.05) is 19.6 Å². The second-order valence-corrected chi connectivity index (χ2v) is 7.29. The van der Waals surface area contributed by atoms with E-state index in [9.17, 15) is 4.79 Å². The Kier molecular flexibility index (Phi) is 6.09. The lowest BCUT2D eigenvalue weighted by atomic mass is 9.88. The molecular formula is C20H30N2O. The molecule has 0 aromatic heterocycles. The molecule has 1 aromatic rings. The van der Waals surface area contributed by atoms with Crippen molar-refractivity contribution >= 4 is 5.91 Å². The summed E-state index contributed by atoms with van der Waals surface area (Å²) in [5.74, 6) is 1.27. The van der Waals surface area contributed by atoms with Gasteiger partial charge in [-0.05, 0) is 50.3 Å². The van der Waals surface area contributed by atoms with Gasteiger partial charge in [0.15, 0.2) is 0 Å². The Hall–Kier alpha value is -1.35. The van der Waals surface area contributed by atoms with E-state index in [-0.39, 0.29) is 0 Å². The predicted molar refractivity (Wildman–Crippen MR) is 94.0 cm³/mol. The lowest BCUT2D eigenvalue weighted by molar-refractivity contribution is -0.126. The Labute approximate surface area is 140 Å². The first-order valence-electron chi connectivity index (χ1n) is 9.35.